The Morgan fingerprint density at radius 1 is 1.16 bits per heavy atom. The molecular formula is C17H21Cl2N3O3. The van der Waals surface area contributed by atoms with Crippen LogP contribution in [0.5, 0.6) is 11.6 Å². The second-order valence-corrected chi connectivity index (χ2v) is 6.99. The van der Waals surface area contributed by atoms with Crippen molar-refractivity contribution in [3.8, 4) is 11.6 Å². The third-order valence-electron chi connectivity index (χ3n) is 3.24. The Hall–Kier alpha value is -1.60. The number of halogens is 2. The van der Waals surface area contributed by atoms with E-state index in [1.54, 1.807) is 36.4 Å². The Labute approximate surface area is 157 Å². The summed E-state index contributed by atoms with van der Waals surface area (Å²) in [6.45, 7) is 4.78. The number of β-amino-alcohol motifs (C(OH)–C–C–N with tert-alkyl or cyclic N) is 1. The number of benzene rings is 1. The highest BCUT2D eigenvalue weighted by molar-refractivity contribution is 6.30. The van der Waals surface area contributed by atoms with Gasteiger partial charge >= 0.3 is 0 Å². The maximum atomic E-state index is 10.1. The van der Waals surface area contributed by atoms with Crippen molar-refractivity contribution in [2.75, 3.05) is 19.8 Å². The van der Waals surface area contributed by atoms with Crippen molar-refractivity contribution in [3.63, 3.8) is 0 Å². The minimum absolute atomic E-state index is 0.160. The van der Waals surface area contributed by atoms with Crippen LogP contribution < -0.4 is 14.8 Å². The van der Waals surface area contributed by atoms with Gasteiger partial charge < -0.3 is 19.9 Å². The highest BCUT2D eigenvalue weighted by Crippen LogP contribution is 2.17. The molecule has 8 heteroatoms. The zero-order chi connectivity index (χ0) is 18.3. The molecule has 1 aromatic heterocycles. The summed E-state index contributed by atoms with van der Waals surface area (Å²) in [5.41, 5.74) is -0.377. The molecule has 0 saturated carbocycles. The van der Waals surface area contributed by atoms with Crippen molar-refractivity contribution >= 4 is 23.2 Å². The van der Waals surface area contributed by atoms with E-state index in [-0.39, 0.29) is 12.1 Å². The van der Waals surface area contributed by atoms with Crippen LogP contribution in [-0.2, 0) is 0 Å². The summed E-state index contributed by atoms with van der Waals surface area (Å²) >= 11 is 11.6. The molecule has 1 heterocycles. The first-order valence-electron chi connectivity index (χ1n) is 7.77. The second-order valence-electron chi connectivity index (χ2n) is 6.17. The predicted molar refractivity (Wildman–Crippen MR) is 97.6 cm³/mol. The Morgan fingerprint density at radius 2 is 1.96 bits per heavy atom. The third kappa shape index (κ3) is 7.44. The largest absolute Gasteiger partial charge is 0.491 e. The van der Waals surface area contributed by atoms with Gasteiger partial charge in [-0.3, -0.25) is 0 Å². The molecule has 6 nitrogen and oxygen atoms in total. The monoisotopic (exact) mass is 385 g/mol. The second kappa shape index (κ2) is 9.20. The normalized spacial score (nSPS) is 12.7. The van der Waals surface area contributed by atoms with Crippen molar-refractivity contribution in [3.05, 3.63) is 46.6 Å². The Kier molecular flexibility index (Phi) is 7.25. The lowest BCUT2D eigenvalue weighted by atomic mass is 10.1. The number of rotatable bonds is 9. The van der Waals surface area contributed by atoms with Crippen molar-refractivity contribution < 1.29 is 14.6 Å². The summed E-state index contributed by atoms with van der Waals surface area (Å²) in [6, 6.07) is 10.3. The molecule has 25 heavy (non-hydrogen) atoms. The Bertz CT molecular complexity index is 668. The molecule has 0 aliphatic carbocycles. The van der Waals surface area contributed by atoms with Crippen LogP contribution in [0.4, 0.5) is 0 Å². The molecular weight excluding hydrogens is 365 g/mol. The van der Waals surface area contributed by atoms with Gasteiger partial charge in [-0.05, 0) is 38.1 Å². The molecule has 1 atom stereocenters. The average molecular weight is 386 g/mol. The molecule has 1 aromatic carbocycles. The lowest BCUT2D eigenvalue weighted by Crippen LogP contribution is -2.48. The van der Waals surface area contributed by atoms with Crippen LogP contribution in [0.1, 0.15) is 13.8 Å². The van der Waals surface area contributed by atoms with Gasteiger partial charge in [0.05, 0.1) is 0 Å². The van der Waals surface area contributed by atoms with Gasteiger partial charge in [0.25, 0.3) is 0 Å². The molecule has 2 N–H and O–H groups in total. The van der Waals surface area contributed by atoms with E-state index in [1.807, 2.05) is 13.8 Å². The van der Waals surface area contributed by atoms with Crippen LogP contribution in [-0.4, -0.2) is 46.7 Å². The topological polar surface area (TPSA) is 76.5 Å². The molecule has 0 radical (unpaired) electrons. The SMILES string of the molecule is CC(C)(COc1ccc(Cl)nn1)NCC(O)COc1cccc(Cl)c1. The first-order chi connectivity index (χ1) is 11.8. The summed E-state index contributed by atoms with van der Waals surface area (Å²) in [6.07, 6.45) is -0.673. The predicted octanol–water partition coefficient (Wildman–Crippen LogP) is 2.97. The molecule has 0 aliphatic heterocycles. The Morgan fingerprint density at radius 3 is 2.64 bits per heavy atom. The van der Waals surface area contributed by atoms with E-state index in [0.29, 0.717) is 35.0 Å². The molecule has 0 bridgehead atoms. The first kappa shape index (κ1) is 19.7. The Balaban J connectivity index is 1.71. The number of nitrogens with one attached hydrogen (secondary N) is 1. The molecule has 2 rings (SSSR count). The maximum Gasteiger partial charge on any atom is 0.233 e. The van der Waals surface area contributed by atoms with Gasteiger partial charge in [0.15, 0.2) is 5.15 Å². The van der Waals surface area contributed by atoms with E-state index in [0.717, 1.165) is 0 Å². The summed E-state index contributed by atoms with van der Waals surface area (Å²) in [5.74, 6) is 1.01. The third-order valence-corrected chi connectivity index (χ3v) is 3.68. The van der Waals surface area contributed by atoms with Crippen molar-refractivity contribution in [1.29, 1.82) is 0 Å². The number of nitrogens with zero attached hydrogens (tertiary/aromatic N) is 2. The van der Waals surface area contributed by atoms with Gasteiger partial charge in [-0.1, -0.05) is 29.3 Å². The quantitative estimate of drug-likeness (QED) is 0.690. The number of aromatic nitrogens is 2. The van der Waals surface area contributed by atoms with E-state index >= 15 is 0 Å². The van der Waals surface area contributed by atoms with Crippen LogP contribution in [0.2, 0.25) is 10.2 Å². The maximum absolute atomic E-state index is 10.1. The fraction of sp³-hybridized carbons (Fsp3) is 0.412. The van der Waals surface area contributed by atoms with Gasteiger partial charge in [0.2, 0.25) is 5.88 Å². The molecule has 1 unspecified atom stereocenters. The summed E-state index contributed by atoms with van der Waals surface area (Å²) in [5, 5.41) is 21.7. The summed E-state index contributed by atoms with van der Waals surface area (Å²) < 4.78 is 11.1. The highest BCUT2D eigenvalue weighted by atomic mass is 35.5. The zero-order valence-electron chi connectivity index (χ0n) is 14.1. The van der Waals surface area contributed by atoms with E-state index in [9.17, 15) is 5.11 Å². The molecule has 0 aliphatic rings. The first-order valence-corrected chi connectivity index (χ1v) is 8.53. The zero-order valence-corrected chi connectivity index (χ0v) is 15.6. The number of aliphatic hydroxyl groups excluding tert-OH is 1. The van der Waals surface area contributed by atoms with E-state index < -0.39 is 6.10 Å². The van der Waals surface area contributed by atoms with Crippen LogP contribution in [0, 0.1) is 0 Å². The molecule has 0 spiro atoms. The number of aliphatic hydroxyl groups is 1. The molecule has 0 fully saturated rings. The molecule has 0 saturated heterocycles. The molecule has 2 aromatic rings. The number of hydrogen-bond acceptors (Lipinski definition) is 6. The fourth-order valence-electron chi connectivity index (χ4n) is 1.89. The minimum Gasteiger partial charge on any atom is -0.491 e. The van der Waals surface area contributed by atoms with Gasteiger partial charge in [-0.15, -0.1) is 10.2 Å². The summed E-state index contributed by atoms with van der Waals surface area (Å²) in [7, 11) is 0. The van der Waals surface area contributed by atoms with Gasteiger partial charge in [0, 0.05) is 23.2 Å². The lowest BCUT2D eigenvalue weighted by Gasteiger charge is -2.27. The van der Waals surface area contributed by atoms with Crippen LogP contribution >= 0.6 is 23.2 Å². The van der Waals surface area contributed by atoms with Gasteiger partial charge in [-0.2, -0.15) is 0 Å². The van der Waals surface area contributed by atoms with Gasteiger partial charge in [0.1, 0.15) is 25.1 Å². The van der Waals surface area contributed by atoms with Gasteiger partial charge in [-0.25, -0.2) is 0 Å². The highest BCUT2D eigenvalue weighted by Gasteiger charge is 2.20. The number of ether oxygens (including phenoxy) is 2. The van der Waals surface area contributed by atoms with Crippen molar-refractivity contribution in [2.45, 2.75) is 25.5 Å². The lowest BCUT2D eigenvalue weighted by molar-refractivity contribution is 0.0923. The van der Waals surface area contributed by atoms with Crippen LogP contribution in [0.25, 0.3) is 0 Å². The van der Waals surface area contributed by atoms with Crippen LogP contribution in [0.15, 0.2) is 36.4 Å². The number of hydrogen-bond donors (Lipinski definition) is 2. The van der Waals surface area contributed by atoms with E-state index in [1.165, 1.54) is 0 Å². The average Bonchev–Trinajstić information content (AvgIpc) is 2.58. The van der Waals surface area contributed by atoms with E-state index in [4.69, 9.17) is 32.7 Å². The minimum atomic E-state index is -0.673. The van der Waals surface area contributed by atoms with Crippen molar-refractivity contribution in [1.82, 2.24) is 15.5 Å². The van der Waals surface area contributed by atoms with E-state index in [2.05, 4.69) is 15.5 Å². The smallest absolute Gasteiger partial charge is 0.233 e. The summed E-state index contributed by atoms with van der Waals surface area (Å²) in [4.78, 5) is 0. The van der Waals surface area contributed by atoms with Crippen LogP contribution in [0.3, 0.4) is 0 Å². The molecule has 136 valence electrons. The fourth-order valence-corrected chi connectivity index (χ4v) is 2.17. The van der Waals surface area contributed by atoms with Crippen molar-refractivity contribution in [2.24, 2.45) is 0 Å². The standard InChI is InChI=1S/C17H21Cl2N3O3/c1-17(2,11-25-16-7-6-15(19)21-22-16)20-9-13(23)10-24-14-5-3-4-12(18)8-14/h3-8,13,20,23H,9-11H2,1-2H3. The molecule has 0 amide bonds.